The Balaban J connectivity index is 1.26. The third-order valence-electron chi connectivity index (χ3n) is 6.02. The Kier molecular flexibility index (Phi) is 8.65. The standard InChI is InChI=1S/C24H24N2O8S4/c27-21-19(35-23(29)25-21)13-15-3-7-17(8-4-15)37(31,32)11-1-2-12-38(33,34)18-9-5-16(6-10-18)14-20-22(28)26-24(30)36-20/h3-10,19-20H,1-2,11-14H2,(H,25,27,29)(H,26,28,30). The molecule has 0 spiro atoms. The summed E-state index contributed by atoms with van der Waals surface area (Å²) in [5.41, 5.74) is 1.45. The van der Waals surface area contributed by atoms with Crippen molar-refractivity contribution >= 4 is 65.5 Å². The summed E-state index contributed by atoms with van der Waals surface area (Å²) in [5.74, 6) is -1.15. The van der Waals surface area contributed by atoms with E-state index in [9.17, 15) is 36.0 Å². The van der Waals surface area contributed by atoms with Gasteiger partial charge >= 0.3 is 0 Å². The highest BCUT2D eigenvalue weighted by atomic mass is 32.2. The van der Waals surface area contributed by atoms with E-state index in [1.165, 1.54) is 24.3 Å². The largest absolute Gasteiger partial charge is 0.286 e. The molecule has 2 aliphatic heterocycles. The average molecular weight is 597 g/mol. The van der Waals surface area contributed by atoms with Crippen LogP contribution in [0.5, 0.6) is 0 Å². The van der Waals surface area contributed by atoms with E-state index in [1.807, 2.05) is 0 Å². The summed E-state index contributed by atoms with van der Waals surface area (Å²) in [5, 5.41) is 2.55. The minimum Gasteiger partial charge on any atom is -0.286 e. The molecule has 0 aliphatic carbocycles. The van der Waals surface area contributed by atoms with Crippen LogP contribution in [0, 0.1) is 0 Å². The summed E-state index contributed by atoms with van der Waals surface area (Å²) in [7, 11) is -7.25. The number of hydrogen-bond donors (Lipinski definition) is 2. The van der Waals surface area contributed by atoms with Crippen LogP contribution in [0.3, 0.4) is 0 Å². The van der Waals surface area contributed by atoms with Gasteiger partial charge in [0.1, 0.15) is 0 Å². The molecule has 14 heteroatoms. The van der Waals surface area contributed by atoms with E-state index in [2.05, 4.69) is 10.6 Å². The lowest BCUT2D eigenvalue weighted by molar-refractivity contribution is -0.119. The predicted molar refractivity (Wildman–Crippen MR) is 143 cm³/mol. The molecule has 0 bridgehead atoms. The van der Waals surface area contributed by atoms with Gasteiger partial charge in [-0.25, -0.2) is 16.8 Å². The smallest absolute Gasteiger partial charge is 0.286 e. The van der Waals surface area contributed by atoms with Gasteiger partial charge in [0.05, 0.1) is 31.8 Å². The van der Waals surface area contributed by atoms with Crippen LogP contribution >= 0.6 is 23.5 Å². The summed E-state index contributed by atoms with van der Waals surface area (Å²) >= 11 is 1.81. The minimum atomic E-state index is -3.62. The van der Waals surface area contributed by atoms with Gasteiger partial charge in [0.25, 0.3) is 10.5 Å². The van der Waals surface area contributed by atoms with Crippen LogP contribution in [0.1, 0.15) is 24.0 Å². The number of thioether (sulfide) groups is 2. The molecule has 0 radical (unpaired) electrons. The lowest BCUT2D eigenvalue weighted by atomic mass is 10.1. The molecule has 0 saturated carbocycles. The highest BCUT2D eigenvalue weighted by Crippen LogP contribution is 2.25. The number of amides is 4. The minimum absolute atomic E-state index is 0.107. The van der Waals surface area contributed by atoms with Crippen LogP contribution in [-0.4, -0.2) is 61.1 Å². The molecule has 2 saturated heterocycles. The first-order valence-corrected chi connectivity index (χ1v) is 16.7. The number of unbranched alkanes of at least 4 members (excludes halogenated alkanes) is 1. The monoisotopic (exact) mass is 596 g/mol. The maximum atomic E-state index is 12.7. The van der Waals surface area contributed by atoms with Crippen LogP contribution < -0.4 is 10.6 Å². The van der Waals surface area contributed by atoms with Crippen molar-refractivity contribution in [3.05, 3.63) is 59.7 Å². The molecule has 4 rings (SSSR count). The average Bonchev–Trinajstić information content (AvgIpc) is 3.35. The number of carbonyl (C=O) groups is 4. The zero-order chi connectivity index (χ0) is 27.5. The van der Waals surface area contributed by atoms with Crippen LogP contribution in [-0.2, 0) is 42.1 Å². The Morgan fingerprint density at radius 1 is 0.579 bits per heavy atom. The molecule has 2 aromatic rings. The van der Waals surface area contributed by atoms with Gasteiger partial charge in [0, 0.05) is 0 Å². The van der Waals surface area contributed by atoms with E-state index >= 15 is 0 Å². The molecular weight excluding hydrogens is 573 g/mol. The number of carbonyl (C=O) groups excluding carboxylic acids is 4. The van der Waals surface area contributed by atoms with Crippen LogP contribution in [0.15, 0.2) is 58.3 Å². The molecule has 0 aromatic heterocycles. The summed E-state index contributed by atoms with van der Waals surface area (Å²) in [4.78, 5) is 46.2. The third kappa shape index (κ3) is 7.04. The maximum absolute atomic E-state index is 12.7. The first kappa shape index (κ1) is 28.3. The number of rotatable bonds is 11. The van der Waals surface area contributed by atoms with Crippen LogP contribution in [0.25, 0.3) is 0 Å². The highest BCUT2D eigenvalue weighted by molar-refractivity contribution is 8.15. The topological polar surface area (TPSA) is 161 Å². The number of sulfone groups is 2. The first-order chi connectivity index (χ1) is 17.9. The van der Waals surface area contributed by atoms with Crippen molar-refractivity contribution in [1.82, 2.24) is 10.6 Å². The van der Waals surface area contributed by atoms with Gasteiger partial charge in [-0.15, -0.1) is 0 Å². The molecule has 2 unspecified atom stereocenters. The second-order valence-electron chi connectivity index (χ2n) is 8.81. The molecule has 2 atom stereocenters. The summed E-state index contributed by atoms with van der Waals surface area (Å²) in [6.07, 6.45) is 0.917. The molecule has 4 amide bonds. The van der Waals surface area contributed by atoms with Crippen molar-refractivity contribution < 1.29 is 36.0 Å². The van der Waals surface area contributed by atoms with Crippen molar-refractivity contribution in [2.24, 2.45) is 0 Å². The number of nitrogens with one attached hydrogen (secondary N) is 2. The maximum Gasteiger partial charge on any atom is 0.286 e. The predicted octanol–water partition coefficient (Wildman–Crippen LogP) is 2.50. The van der Waals surface area contributed by atoms with Crippen LogP contribution in [0.2, 0.25) is 0 Å². The summed E-state index contributed by atoms with van der Waals surface area (Å²) in [6.45, 7) is 0. The zero-order valence-corrected chi connectivity index (χ0v) is 23.2. The first-order valence-electron chi connectivity index (χ1n) is 11.6. The van der Waals surface area contributed by atoms with E-state index in [-0.39, 0.29) is 46.0 Å². The van der Waals surface area contributed by atoms with E-state index in [4.69, 9.17) is 0 Å². The van der Waals surface area contributed by atoms with Crippen molar-refractivity contribution in [2.75, 3.05) is 11.5 Å². The van der Waals surface area contributed by atoms with E-state index in [0.717, 1.165) is 34.7 Å². The second-order valence-corrected chi connectivity index (χ2v) is 15.4. The Hall–Kier alpha value is -2.68. The second kappa shape index (κ2) is 11.6. The fourth-order valence-electron chi connectivity index (χ4n) is 3.97. The highest BCUT2D eigenvalue weighted by Gasteiger charge is 2.32. The van der Waals surface area contributed by atoms with Gasteiger partial charge in [-0.05, 0) is 61.1 Å². The van der Waals surface area contributed by atoms with Crippen molar-refractivity contribution in [3.8, 4) is 0 Å². The Morgan fingerprint density at radius 2 is 0.921 bits per heavy atom. The molecule has 2 fully saturated rings. The number of imide groups is 2. The lowest BCUT2D eigenvalue weighted by Crippen LogP contribution is -2.25. The third-order valence-corrected chi connectivity index (χ3v) is 11.6. The Bertz CT molecular complexity index is 1360. The molecular formula is C24H24N2O8S4. The van der Waals surface area contributed by atoms with Gasteiger partial charge in [-0.2, -0.15) is 0 Å². The molecule has 10 nitrogen and oxygen atoms in total. The molecule has 2 aromatic carbocycles. The fourth-order valence-corrected chi connectivity index (χ4v) is 8.43. The molecule has 38 heavy (non-hydrogen) atoms. The van der Waals surface area contributed by atoms with Crippen molar-refractivity contribution in [1.29, 1.82) is 0 Å². The Morgan fingerprint density at radius 3 is 1.21 bits per heavy atom. The van der Waals surface area contributed by atoms with Gasteiger partial charge < -0.3 is 0 Å². The molecule has 2 N–H and O–H groups in total. The zero-order valence-electron chi connectivity index (χ0n) is 19.9. The lowest BCUT2D eigenvalue weighted by Gasteiger charge is -2.09. The quantitative estimate of drug-likeness (QED) is 0.369. The number of benzene rings is 2. The van der Waals surface area contributed by atoms with E-state index in [0.29, 0.717) is 12.8 Å². The molecule has 2 heterocycles. The van der Waals surface area contributed by atoms with Crippen LogP contribution in [0.4, 0.5) is 9.59 Å². The summed E-state index contributed by atoms with van der Waals surface area (Å²) in [6, 6.07) is 12.2. The van der Waals surface area contributed by atoms with Gasteiger partial charge in [-0.3, -0.25) is 29.8 Å². The van der Waals surface area contributed by atoms with E-state index in [1.54, 1.807) is 24.3 Å². The Labute approximate surface area is 228 Å². The fraction of sp³-hybridized carbons (Fsp3) is 0.333. The molecule has 202 valence electrons. The van der Waals surface area contributed by atoms with Gasteiger partial charge in [-0.1, -0.05) is 47.8 Å². The van der Waals surface area contributed by atoms with Gasteiger partial charge in [0.15, 0.2) is 19.7 Å². The normalized spacial score (nSPS) is 20.0. The van der Waals surface area contributed by atoms with Crippen molar-refractivity contribution in [3.63, 3.8) is 0 Å². The summed E-state index contributed by atoms with van der Waals surface area (Å²) < 4.78 is 50.7. The van der Waals surface area contributed by atoms with E-state index < -0.39 is 40.7 Å². The van der Waals surface area contributed by atoms with Crippen molar-refractivity contribution in [2.45, 2.75) is 46.0 Å². The van der Waals surface area contributed by atoms with Gasteiger partial charge in [0.2, 0.25) is 11.8 Å². The molecule has 2 aliphatic rings. The SMILES string of the molecule is O=C1NC(=O)C(Cc2ccc(S(=O)(=O)CCCCS(=O)(=O)c3ccc(CC4SC(=O)NC4=O)cc3)cc2)S1. The number of hydrogen-bond acceptors (Lipinski definition) is 10.